The van der Waals surface area contributed by atoms with Gasteiger partial charge >= 0.3 is 15.6 Å². The number of alkyl halides is 3. The minimum atomic E-state index is -5.76. The largest absolute Gasteiger partial charge is 0.534 e. The number of fused-ring (bicyclic) bond motifs is 2. The van der Waals surface area contributed by atoms with Crippen molar-refractivity contribution in [3.05, 3.63) is 40.7 Å². The molecule has 2 aliphatic rings. The molecule has 3 heterocycles. The predicted molar refractivity (Wildman–Crippen MR) is 97.0 cm³/mol. The molecule has 13 heteroatoms. The maximum atomic E-state index is 12.6. The summed E-state index contributed by atoms with van der Waals surface area (Å²) in [5.74, 6) is -0.423. The van der Waals surface area contributed by atoms with Gasteiger partial charge in [0.2, 0.25) is 5.95 Å². The van der Waals surface area contributed by atoms with E-state index in [2.05, 4.69) is 19.5 Å². The lowest BCUT2D eigenvalue weighted by atomic mass is 9.75. The van der Waals surface area contributed by atoms with E-state index in [1.807, 2.05) is 0 Å². The van der Waals surface area contributed by atoms with Crippen LogP contribution < -0.4 is 15.2 Å². The average Bonchev–Trinajstić information content (AvgIpc) is 3.21. The Hall–Kier alpha value is -2.31. The molecule has 8 nitrogen and oxygen atoms in total. The van der Waals surface area contributed by atoms with Gasteiger partial charge in [0, 0.05) is 30.3 Å². The first kappa shape index (κ1) is 20.0. The minimum Gasteiger partial charge on any atom is -0.384 e. The van der Waals surface area contributed by atoms with Gasteiger partial charge in [-0.15, -0.1) is 0 Å². The smallest absolute Gasteiger partial charge is 0.384 e. The second kappa shape index (κ2) is 6.61. The maximum Gasteiger partial charge on any atom is 0.534 e. The molecule has 2 aromatic rings. The number of nitrogens with two attached hydrogens (primary N) is 1. The second-order valence-electron chi connectivity index (χ2n) is 6.66. The molecule has 1 fully saturated rings. The Labute approximate surface area is 168 Å². The van der Waals surface area contributed by atoms with Crippen molar-refractivity contribution >= 4 is 33.4 Å². The Morgan fingerprint density at radius 1 is 1.38 bits per heavy atom. The van der Waals surface area contributed by atoms with Crippen molar-refractivity contribution in [1.82, 2.24) is 9.97 Å². The summed E-state index contributed by atoms with van der Waals surface area (Å²) in [6.45, 7) is 0.773. The Kier molecular flexibility index (Phi) is 4.55. The summed E-state index contributed by atoms with van der Waals surface area (Å²) in [7, 11) is -5.76. The highest BCUT2D eigenvalue weighted by Gasteiger charge is 2.52. The number of aromatic nitrogens is 2. The lowest BCUT2D eigenvalue weighted by Crippen LogP contribution is -2.32. The fourth-order valence-corrected chi connectivity index (χ4v) is 4.35. The fraction of sp³-hybridized carbons (Fsp3) is 0.375. The molecule has 1 saturated heterocycles. The van der Waals surface area contributed by atoms with Crippen molar-refractivity contribution in [2.75, 3.05) is 24.2 Å². The summed E-state index contributed by atoms with van der Waals surface area (Å²) in [5, 5.41) is 3.35. The van der Waals surface area contributed by atoms with Crippen LogP contribution in [-0.4, -0.2) is 37.0 Å². The van der Waals surface area contributed by atoms with E-state index < -0.39 is 32.9 Å². The summed E-state index contributed by atoms with van der Waals surface area (Å²) < 4.78 is 70.3. The number of anilines is 2. The summed E-state index contributed by atoms with van der Waals surface area (Å²) in [6, 6.07) is 3.89. The van der Waals surface area contributed by atoms with Gasteiger partial charge < -0.3 is 20.0 Å². The van der Waals surface area contributed by atoms with Crippen LogP contribution in [-0.2, 0) is 20.3 Å². The van der Waals surface area contributed by atoms with E-state index in [4.69, 9.17) is 22.1 Å². The van der Waals surface area contributed by atoms with Crippen LogP contribution in [0.15, 0.2) is 24.4 Å². The molecule has 4 rings (SSSR count). The van der Waals surface area contributed by atoms with Crippen LogP contribution in [0, 0.1) is 0 Å². The highest BCUT2D eigenvalue weighted by molar-refractivity contribution is 7.88. The van der Waals surface area contributed by atoms with Gasteiger partial charge in [0.1, 0.15) is 11.9 Å². The molecule has 1 spiro atoms. The van der Waals surface area contributed by atoms with Gasteiger partial charge in [0.15, 0.2) is 0 Å². The SMILES string of the molecule is Nc1ncc(Cl)c([C@@H]2OCC[C@@]23CNc2cc(OS(=O)(=O)C(F)(F)F)ccc23)n1. The number of nitrogens with zero attached hydrogens (tertiary/aromatic N) is 2. The van der Waals surface area contributed by atoms with Gasteiger partial charge in [-0.1, -0.05) is 17.7 Å². The average molecular weight is 451 g/mol. The standard InChI is InChI=1S/C16H14ClF3N4O4S/c17-10-6-22-14(21)24-12(10)13-15(3-4-27-13)7-23-11-5-8(1-2-9(11)15)28-29(25,26)16(18,19)20/h1-2,5-6,13,23H,3-4,7H2,(H2,21,22,24)/t13-,15-/m0/s1. The van der Waals surface area contributed by atoms with Crippen LogP contribution in [0.5, 0.6) is 5.75 Å². The third-order valence-corrected chi connectivity index (χ3v) is 6.25. The molecule has 0 aliphatic carbocycles. The van der Waals surface area contributed by atoms with Crippen molar-refractivity contribution in [2.24, 2.45) is 0 Å². The van der Waals surface area contributed by atoms with Gasteiger partial charge in [-0.05, 0) is 18.1 Å². The van der Waals surface area contributed by atoms with Gasteiger partial charge in [0.05, 0.1) is 16.9 Å². The van der Waals surface area contributed by atoms with Crippen LogP contribution in [0.25, 0.3) is 0 Å². The normalized spacial score (nSPS) is 23.8. The lowest BCUT2D eigenvalue weighted by molar-refractivity contribution is -0.0500. The minimum absolute atomic E-state index is 0.0299. The van der Waals surface area contributed by atoms with Crippen molar-refractivity contribution in [2.45, 2.75) is 23.4 Å². The van der Waals surface area contributed by atoms with E-state index in [0.29, 0.717) is 31.0 Å². The fourth-order valence-electron chi connectivity index (χ4n) is 3.70. The zero-order valence-corrected chi connectivity index (χ0v) is 16.1. The molecule has 0 bridgehead atoms. The zero-order chi connectivity index (χ0) is 21.0. The van der Waals surface area contributed by atoms with Gasteiger partial charge in [-0.2, -0.15) is 21.6 Å². The van der Waals surface area contributed by atoms with E-state index in [-0.39, 0.29) is 11.0 Å². The van der Waals surface area contributed by atoms with Gasteiger partial charge in [-0.25, -0.2) is 9.97 Å². The van der Waals surface area contributed by atoms with Gasteiger partial charge in [0.25, 0.3) is 0 Å². The molecule has 0 unspecified atom stereocenters. The predicted octanol–water partition coefficient (Wildman–Crippen LogP) is 2.77. The molecule has 0 amide bonds. The first-order valence-corrected chi connectivity index (χ1v) is 10.1. The lowest BCUT2D eigenvalue weighted by Gasteiger charge is -2.29. The Bertz CT molecular complexity index is 1080. The molecule has 0 radical (unpaired) electrons. The third kappa shape index (κ3) is 3.24. The van der Waals surface area contributed by atoms with E-state index in [9.17, 15) is 21.6 Å². The molecule has 1 aromatic carbocycles. The number of nitrogen functional groups attached to an aromatic ring is 1. The van der Waals surface area contributed by atoms with E-state index in [1.165, 1.54) is 24.4 Å². The van der Waals surface area contributed by atoms with Crippen LogP contribution in [0.3, 0.4) is 0 Å². The monoisotopic (exact) mass is 450 g/mol. The van der Waals surface area contributed by atoms with Gasteiger partial charge in [-0.3, -0.25) is 0 Å². The number of ether oxygens (including phenoxy) is 1. The van der Waals surface area contributed by atoms with E-state index in [0.717, 1.165) is 5.56 Å². The number of hydrogen-bond donors (Lipinski definition) is 2. The molecule has 2 atom stereocenters. The molecule has 2 aliphatic heterocycles. The Morgan fingerprint density at radius 3 is 2.86 bits per heavy atom. The third-order valence-electron chi connectivity index (χ3n) is 4.98. The van der Waals surface area contributed by atoms with Crippen molar-refractivity contribution < 1.29 is 30.5 Å². The molecule has 1 aromatic heterocycles. The Morgan fingerprint density at radius 2 is 2.14 bits per heavy atom. The van der Waals surface area contributed by atoms with Crippen LogP contribution in [0.2, 0.25) is 5.02 Å². The summed E-state index contributed by atoms with van der Waals surface area (Å²) in [6.07, 6.45) is 1.38. The summed E-state index contributed by atoms with van der Waals surface area (Å²) >= 11 is 6.23. The first-order valence-electron chi connectivity index (χ1n) is 8.32. The number of nitrogens with one attached hydrogen (secondary N) is 1. The highest BCUT2D eigenvalue weighted by atomic mass is 35.5. The van der Waals surface area contributed by atoms with Crippen molar-refractivity contribution in [1.29, 1.82) is 0 Å². The van der Waals surface area contributed by atoms with Crippen LogP contribution in [0.1, 0.15) is 23.8 Å². The summed E-state index contributed by atoms with van der Waals surface area (Å²) in [4.78, 5) is 8.03. The number of rotatable bonds is 3. The van der Waals surface area contributed by atoms with Crippen molar-refractivity contribution in [3.63, 3.8) is 0 Å². The molecule has 3 N–H and O–H groups in total. The topological polar surface area (TPSA) is 116 Å². The van der Waals surface area contributed by atoms with Crippen LogP contribution in [0.4, 0.5) is 24.8 Å². The number of benzene rings is 1. The van der Waals surface area contributed by atoms with E-state index in [1.54, 1.807) is 0 Å². The number of hydrogen-bond acceptors (Lipinski definition) is 8. The number of halogens is 4. The molecule has 0 saturated carbocycles. The zero-order valence-electron chi connectivity index (χ0n) is 14.5. The first-order chi connectivity index (χ1) is 13.5. The Balaban J connectivity index is 1.71. The second-order valence-corrected chi connectivity index (χ2v) is 8.61. The highest BCUT2D eigenvalue weighted by Crippen LogP contribution is 2.54. The maximum absolute atomic E-state index is 12.6. The molecule has 156 valence electrons. The quantitative estimate of drug-likeness (QED) is 0.541. The summed E-state index contributed by atoms with van der Waals surface area (Å²) in [5.41, 5.74) is 1.12. The molecular weight excluding hydrogens is 437 g/mol. The van der Waals surface area contributed by atoms with Crippen molar-refractivity contribution in [3.8, 4) is 5.75 Å². The van der Waals surface area contributed by atoms with E-state index >= 15 is 0 Å². The molecule has 29 heavy (non-hydrogen) atoms. The van der Waals surface area contributed by atoms with Crippen LogP contribution >= 0.6 is 11.6 Å². The molecular formula is C16H14ClF3N4O4S.